The summed E-state index contributed by atoms with van der Waals surface area (Å²) in [7, 11) is 0. The Morgan fingerprint density at radius 3 is 2.60 bits per heavy atom. The number of carbonyl (C=O) groups is 1. The minimum atomic E-state index is -0.665. The highest BCUT2D eigenvalue weighted by atomic mass is 16.5. The maximum atomic E-state index is 11.5. The molecule has 0 unspecified atom stereocenters. The third-order valence-electron chi connectivity index (χ3n) is 3.02. The van der Waals surface area contributed by atoms with Crippen molar-refractivity contribution < 1.29 is 14.6 Å². The van der Waals surface area contributed by atoms with Crippen LogP contribution in [0.2, 0.25) is 0 Å². The molecule has 0 radical (unpaired) electrons. The van der Waals surface area contributed by atoms with Crippen LogP contribution in [0.4, 0.5) is 0 Å². The average Bonchev–Trinajstić information content (AvgIpc) is 2.12. The molecule has 1 amide bonds. The van der Waals surface area contributed by atoms with Crippen LogP contribution in [0.5, 0.6) is 0 Å². The Labute approximate surface area is 91.2 Å². The number of likely N-dealkylation sites (tertiary alicyclic amines) is 1. The topological polar surface area (TPSA) is 49.8 Å². The maximum absolute atomic E-state index is 11.5. The fourth-order valence-corrected chi connectivity index (χ4v) is 1.62. The van der Waals surface area contributed by atoms with E-state index in [2.05, 4.69) is 0 Å². The molecule has 0 aliphatic carbocycles. The Morgan fingerprint density at radius 2 is 2.13 bits per heavy atom. The van der Waals surface area contributed by atoms with Crippen molar-refractivity contribution in [2.24, 2.45) is 5.92 Å². The number of amides is 1. The number of aliphatic hydroxyl groups is 1. The lowest BCUT2D eigenvalue weighted by molar-refractivity contribution is -0.164. The van der Waals surface area contributed by atoms with Crippen LogP contribution in [0, 0.1) is 5.92 Å². The van der Waals surface area contributed by atoms with Gasteiger partial charge in [0.25, 0.3) is 0 Å². The van der Waals surface area contributed by atoms with Crippen molar-refractivity contribution in [2.45, 2.75) is 32.8 Å². The standard InChI is InChI=1S/C11H21NO3/c1-4-15-6-5-10(13)12-7-11(14,8-12)9(2)3/h9,14H,4-8H2,1-3H3. The number of carbonyl (C=O) groups excluding carboxylic acids is 1. The van der Waals surface area contributed by atoms with Crippen LogP contribution in [0.25, 0.3) is 0 Å². The summed E-state index contributed by atoms with van der Waals surface area (Å²) in [4.78, 5) is 13.2. The van der Waals surface area contributed by atoms with E-state index in [1.54, 1.807) is 4.90 Å². The molecule has 4 heteroatoms. The van der Waals surface area contributed by atoms with Crippen LogP contribution in [-0.2, 0) is 9.53 Å². The van der Waals surface area contributed by atoms with Crippen molar-refractivity contribution in [3.8, 4) is 0 Å². The van der Waals surface area contributed by atoms with Gasteiger partial charge < -0.3 is 14.7 Å². The summed E-state index contributed by atoms with van der Waals surface area (Å²) in [5, 5.41) is 9.95. The van der Waals surface area contributed by atoms with Gasteiger partial charge in [0.15, 0.2) is 0 Å². The molecule has 1 aliphatic rings. The zero-order valence-electron chi connectivity index (χ0n) is 9.82. The van der Waals surface area contributed by atoms with E-state index in [9.17, 15) is 9.90 Å². The molecule has 0 aromatic heterocycles. The molecule has 0 bridgehead atoms. The normalized spacial score (nSPS) is 19.1. The molecule has 15 heavy (non-hydrogen) atoms. The van der Waals surface area contributed by atoms with Crippen LogP contribution >= 0.6 is 0 Å². The second-order valence-electron chi connectivity index (χ2n) is 4.46. The fraction of sp³-hybridized carbons (Fsp3) is 0.909. The zero-order valence-corrected chi connectivity index (χ0v) is 9.82. The van der Waals surface area contributed by atoms with E-state index in [-0.39, 0.29) is 11.8 Å². The first-order valence-corrected chi connectivity index (χ1v) is 5.57. The first kappa shape index (κ1) is 12.5. The summed E-state index contributed by atoms with van der Waals surface area (Å²) < 4.78 is 5.11. The number of β-amino-alcohol motifs (C(OH)–C–C–N with tert-alkyl or cyclic N) is 1. The number of ether oxygens (including phenoxy) is 1. The van der Waals surface area contributed by atoms with Gasteiger partial charge >= 0.3 is 0 Å². The van der Waals surface area contributed by atoms with E-state index in [0.29, 0.717) is 32.7 Å². The molecular formula is C11H21NO3. The summed E-state index contributed by atoms with van der Waals surface area (Å²) in [5.41, 5.74) is -0.665. The Hall–Kier alpha value is -0.610. The lowest BCUT2D eigenvalue weighted by atomic mass is 9.83. The molecule has 0 aromatic rings. The van der Waals surface area contributed by atoms with Gasteiger partial charge in [-0.2, -0.15) is 0 Å². The highest BCUT2D eigenvalue weighted by Gasteiger charge is 2.45. The molecule has 4 nitrogen and oxygen atoms in total. The first-order chi connectivity index (χ1) is 6.99. The highest BCUT2D eigenvalue weighted by Crippen LogP contribution is 2.28. The maximum Gasteiger partial charge on any atom is 0.225 e. The molecule has 0 saturated carbocycles. The van der Waals surface area contributed by atoms with Gasteiger partial charge in [0.1, 0.15) is 5.60 Å². The second-order valence-corrected chi connectivity index (χ2v) is 4.46. The van der Waals surface area contributed by atoms with E-state index in [1.807, 2.05) is 20.8 Å². The van der Waals surface area contributed by atoms with E-state index < -0.39 is 5.60 Å². The van der Waals surface area contributed by atoms with Crippen LogP contribution in [0.15, 0.2) is 0 Å². The van der Waals surface area contributed by atoms with Crippen molar-refractivity contribution in [1.29, 1.82) is 0 Å². The minimum absolute atomic E-state index is 0.0776. The SMILES string of the molecule is CCOCCC(=O)N1CC(O)(C(C)C)C1. The van der Waals surface area contributed by atoms with Gasteiger partial charge in [0, 0.05) is 6.61 Å². The summed E-state index contributed by atoms with van der Waals surface area (Å²) in [5.74, 6) is 0.280. The van der Waals surface area contributed by atoms with Gasteiger partial charge in [0.2, 0.25) is 5.91 Å². The van der Waals surface area contributed by atoms with Crippen molar-refractivity contribution in [2.75, 3.05) is 26.3 Å². The lowest BCUT2D eigenvalue weighted by Gasteiger charge is -2.49. The zero-order chi connectivity index (χ0) is 11.5. The quantitative estimate of drug-likeness (QED) is 0.685. The number of rotatable bonds is 5. The Balaban J connectivity index is 2.23. The van der Waals surface area contributed by atoms with Gasteiger partial charge in [-0.1, -0.05) is 13.8 Å². The molecule has 1 aliphatic heterocycles. The van der Waals surface area contributed by atoms with Gasteiger partial charge in [-0.15, -0.1) is 0 Å². The molecule has 1 saturated heterocycles. The lowest BCUT2D eigenvalue weighted by Crippen LogP contribution is -2.66. The number of hydrogen-bond donors (Lipinski definition) is 1. The summed E-state index contributed by atoms with van der Waals surface area (Å²) in [6.07, 6.45) is 0.419. The summed E-state index contributed by atoms with van der Waals surface area (Å²) in [6.45, 7) is 7.91. The predicted octanol–water partition coefficient (Wildman–Crippen LogP) is 0.642. The van der Waals surface area contributed by atoms with E-state index in [0.717, 1.165) is 0 Å². The molecule has 0 spiro atoms. The van der Waals surface area contributed by atoms with Crippen LogP contribution in [0.1, 0.15) is 27.2 Å². The molecule has 88 valence electrons. The molecular weight excluding hydrogens is 194 g/mol. The van der Waals surface area contributed by atoms with E-state index in [1.165, 1.54) is 0 Å². The largest absolute Gasteiger partial charge is 0.386 e. The van der Waals surface area contributed by atoms with Gasteiger partial charge in [-0.25, -0.2) is 0 Å². The fourth-order valence-electron chi connectivity index (χ4n) is 1.62. The van der Waals surface area contributed by atoms with Gasteiger partial charge in [-0.05, 0) is 12.8 Å². The highest BCUT2D eigenvalue weighted by molar-refractivity contribution is 5.77. The van der Waals surface area contributed by atoms with Crippen LogP contribution in [0.3, 0.4) is 0 Å². The monoisotopic (exact) mass is 215 g/mol. The predicted molar refractivity (Wildman–Crippen MR) is 57.5 cm³/mol. The molecule has 1 fully saturated rings. The molecule has 0 atom stereocenters. The number of hydrogen-bond acceptors (Lipinski definition) is 3. The smallest absolute Gasteiger partial charge is 0.225 e. The number of nitrogens with zero attached hydrogens (tertiary/aromatic N) is 1. The average molecular weight is 215 g/mol. The molecule has 1 heterocycles. The third kappa shape index (κ3) is 2.92. The summed E-state index contributed by atoms with van der Waals surface area (Å²) in [6, 6.07) is 0. The van der Waals surface area contributed by atoms with Crippen molar-refractivity contribution in [3.05, 3.63) is 0 Å². The molecule has 1 rings (SSSR count). The minimum Gasteiger partial charge on any atom is -0.386 e. The first-order valence-electron chi connectivity index (χ1n) is 5.57. The van der Waals surface area contributed by atoms with Crippen molar-refractivity contribution >= 4 is 5.91 Å². The molecule has 0 aromatic carbocycles. The third-order valence-corrected chi connectivity index (χ3v) is 3.02. The van der Waals surface area contributed by atoms with Gasteiger partial charge in [-0.3, -0.25) is 4.79 Å². The van der Waals surface area contributed by atoms with E-state index in [4.69, 9.17) is 4.74 Å². The van der Waals surface area contributed by atoms with Crippen molar-refractivity contribution in [1.82, 2.24) is 4.90 Å². The van der Waals surface area contributed by atoms with Crippen LogP contribution in [-0.4, -0.2) is 47.8 Å². The second kappa shape index (κ2) is 4.94. The Bertz CT molecular complexity index is 222. The Morgan fingerprint density at radius 1 is 1.53 bits per heavy atom. The van der Waals surface area contributed by atoms with Gasteiger partial charge in [0.05, 0.1) is 26.1 Å². The molecule has 1 N–H and O–H groups in total. The van der Waals surface area contributed by atoms with E-state index >= 15 is 0 Å². The summed E-state index contributed by atoms with van der Waals surface area (Å²) >= 11 is 0. The van der Waals surface area contributed by atoms with Crippen molar-refractivity contribution in [3.63, 3.8) is 0 Å². The van der Waals surface area contributed by atoms with Crippen LogP contribution < -0.4 is 0 Å². The Kier molecular flexibility index (Phi) is 4.11.